The lowest BCUT2D eigenvalue weighted by atomic mass is 9.75. The van der Waals surface area contributed by atoms with E-state index in [1.807, 2.05) is 60.7 Å². The van der Waals surface area contributed by atoms with Gasteiger partial charge in [0, 0.05) is 11.8 Å². The van der Waals surface area contributed by atoms with Crippen molar-refractivity contribution in [2.24, 2.45) is 0 Å². The van der Waals surface area contributed by atoms with Crippen LogP contribution in [0.2, 0.25) is 0 Å². The van der Waals surface area contributed by atoms with Crippen LogP contribution in [0.1, 0.15) is 36.8 Å². The van der Waals surface area contributed by atoms with E-state index in [0.29, 0.717) is 0 Å². The van der Waals surface area contributed by atoms with Gasteiger partial charge in [-0.05, 0) is 18.1 Å². The molecule has 0 amide bonds. The maximum absolute atomic E-state index is 12.3. The molecular weight excluding hydrogens is 278 g/mol. The van der Waals surface area contributed by atoms with Crippen LogP contribution in [0, 0.1) is 10.1 Å². The van der Waals surface area contributed by atoms with Crippen molar-refractivity contribution in [3.8, 4) is 0 Å². The standard InChI is InChI=1S/C18H19NO3/c1-13(19(21)22)17(15-9-5-3-6-10-15)18(14(2)20)16-11-7-4-8-12-16/h3-13,17-18H,1-2H3/t13-,17-,18+/m0/s1. The van der Waals surface area contributed by atoms with Gasteiger partial charge in [-0.1, -0.05) is 60.7 Å². The van der Waals surface area contributed by atoms with Gasteiger partial charge in [0.2, 0.25) is 6.04 Å². The van der Waals surface area contributed by atoms with Crippen LogP contribution in [0.4, 0.5) is 0 Å². The van der Waals surface area contributed by atoms with Crippen molar-refractivity contribution in [2.45, 2.75) is 31.7 Å². The highest BCUT2D eigenvalue weighted by molar-refractivity contribution is 5.84. The van der Waals surface area contributed by atoms with Gasteiger partial charge in [0.05, 0.1) is 11.8 Å². The highest BCUT2D eigenvalue weighted by atomic mass is 16.6. The van der Waals surface area contributed by atoms with E-state index in [1.165, 1.54) is 6.92 Å². The molecule has 114 valence electrons. The van der Waals surface area contributed by atoms with Crippen LogP contribution in [0.3, 0.4) is 0 Å². The van der Waals surface area contributed by atoms with Crippen LogP contribution in [0.25, 0.3) is 0 Å². The number of ketones is 1. The predicted molar refractivity (Wildman–Crippen MR) is 85.5 cm³/mol. The Morgan fingerprint density at radius 3 is 1.82 bits per heavy atom. The molecule has 0 radical (unpaired) electrons. The second-order valence-electron chi connectivity index (χ2n) is 5.46. The summed E-state index contributed by atoms with van der Waals surface area (Å²) in [6.07, 6.45) is 0. The van der Waals surface area contributed by atoms with Gasteiger partial charge < -0.3 is 0 Å². The van der Waals surface area contributed by atoms with Crippen molar-refractivity contribution in [2.75, 3.05) is 0 Å². The van der Waals surface area contributed by atoms with E-state index in [4.69, 9.17) is 0 Å². The normalized spacial score (nSPS) is 14.8. The Labute approximate surface area is 129 Å². The number of nitro groups is 1. The van der Waals surface area contributed by atoms with Gasteiger partial charge in [-0.15, -0.1) is 0 Å². The third-order valence-corrected chi connectivity index (χ3v) is 3.99. The van der Waals surface area contributed by atoms with E-state index in [0.717, 1.165) is 11.1 Å². The summed E-state index contributed by atoms with van der Waals surface area (Å²) >= 11 is 0. The van der Waals surface area contributed by atoms with E-state index in [9.17, 15) is 14.9 Å². The topological polar surface area (TPSA) is 60.2 Å². The Morgan fingerprint density at radius 2 is 1.41 bits per heavy atom. The molecule has 2 aromatic rings. The number of hydrogen-bond donors (Lipinski definition) is 0. The Kier molecular flexibility index (Phi) is 5.04. The van der Waals surface area contributed by atoms with Gasteiger partial charge in [0.1, 0.15) is 5.78 Å². The molecule has 0 aliphatic carbocycles. The molecule has 0 saturated carbocycles. The molecule has 4 nitrogen and oxygen atoms in total. The first-order chi connectivity index (χ1) is 10.5. The number of carbonyl (C=O) groups excluding carboxylic acids is 1. The van der Waals surface area contributed by atoms with Crippen LogP contribution in [-0.4, -0.2) is 16.7 Å². The van der Waals surface area contributed by atoms with E-state index in [1.54, 1.807) is 6.92 Å². The molecule has 0 N–H and O–H groups in total. The molecule has 0 unspecified atom stereocenters. The zero-order valence-electron chi connectivity index (χ0n) is 12.7. The van der Waals surface area contributed by atoms with Crippen molar-refractivity contribution < 1.29 is 9.72 Å². The smallest absolute Gasteiger partial charge is 0.218 e. The zero-order chi connectivity index (χ0) is 16.1. The molecular formula is C18H19NO3. The maximum Gasteiger partial charge on any atom is 0.218 e. The summed E-state index contributed by atoms with van der Waals surface area (Å²) in [4.78, 5) is 23.3. The number of nitrogens with zero attached hydrogens (tertiary/aromatic N) is 1. The Hall–Kier alpha value is -2.49. The molecule has 0 aliphatic heterocycles. The fourth-order valence-corrected chi connectivity index (χ4v) is 2.91. The Morgan fingerprint density at radius 1 is 0.955 bits per heavy atom. The minimum atomic E-state index is -0.850. The molecule has 3 atom stereocenters. The summed E-state index contributed by atoms with van der Waals surface area (Å²) in [5.41, 5.74) is 1.63. The predicted octanol–water partition coefficient (Wildman–Crippen LogP) is 3.81. The highest BCUT2D eigenvalue weighted by Gasteiger charge is 2.38. The van der Waals surface area contributed by atoms with E-state index >= 15 is 0 Å². The molecule has 0 bridgehead atoms. The van der Waals surface area contributed by atoms with Gasteiger partial charge in [-0.2, -0.15) is 0 Å². The average molecular weight is 297 g/mol. The lowest BCUT2D eigenvalue weighted by Crippen LogP contribution is -2.32. The summed E-state index contributed by atoms with van der Waals surface area (Å²) < 4.78 is 0. The van der Waals surface area contributed by atoms with Crippen molar-refractivity contribution >= 4 is 5.78 Å². The fraction of sp³-hybridized carbons (Fsp3) is 0.278. The van der Waals surface area contributed by atoms with Crippen LogP contribution in [0.5, 0.6) is 0 Å². The number of rotatable bonds is 6. The molecule has 0 fully saturated rings. The highest BCUT2D eigenvalue weighted by Crippen LogP contribution is 2.37. The number of Topliss-reactive ketones (excluding diaryl/α,β-unsaturated/α-hetero) is 1. The molecule has 2 rings (SSSR count). The first-order valence-electron chi connectivity index (χ1n) is 7.26. The lowest BCUT2D eigenvalue weighted by molar-refractivity contribution is -0.522. The first-order valence-corrected chi connectivity index (χ1v) is 7.26. The van der Waals surface area contributed by atoms with Crippen LogP contribution >= 0.6 is 0 Å². The second-order valence-corrected chi connectivity index (χ2v) is 5.46. The average Bonchev–Trinajstić information content (AvgIpc) is 2.53. The summed E-state index contributed by atoms with van der Waals surface area (Å²) in [6.45, 7) is 3.07. The van der Waals surface area contributed by atoms with Crippen molar-refractivity contribution in [1.29, 1.82) is 0 Å². The number of carbonyl (C=O) groups is 1. The molecule has 4 heteroatoms. The van der Waals surface area contributed by atoms with Crippen molar-refractivity contribution in [3.05, 3.63) is 81.9 Å². The molecule has 0 saturated heterocycles. The second kappa shape index (κ2) is 6.98. The zero-order valence-corrected chi connectivity index (χ0v) is 12.7. The third kappa shape index (κ3) is 3.39. The molecule has 22 heavy (non-hydrogen) atoms. The molecule has 0 spiro atoms. The van der Waals surface area contributed by atoms with Crippen molar-refractivity contribution in [3.63, 3.8) is 0 Å². The van der Waals surface area contributed by atoms with Gasteiger partial charge in [0.15, 0.2) is 0 Å². The van der Waals surface area contributed by atoms with Gasteiger partial charge >= 0.3 is 0 Å². The van der Waals surface area contributed by atoms with Crippen LogP contribution in [-0.2, 0) is 4.79 Å². The summed E-state index contributed by atoms with van der Waals surface area (Å²) in [6, 6.07) is 17.7. The fourth-order valence-electron chi connectivity index (χ4n) is 2.91. The molecule has 2 aromatic carbocycles. The minimum absolute atomic E-state index is 0.0613. The van der Waals surface area contributed by atoms with Crippen LogP contribution < -0.4 is 0 Å². The van der Waals surface area contributed by atoms with E-state index in [2.05, 4.69) is 0 Å². The maximum atomic E-state index is 12.3. The van der Waals surface area contributed by atoms with Gasteiger partial charge in [0.25, 0.3) is 0 Å². The van der Waals surface area contributed by atoms with Crippen LogP contribution in [0.15, 0.2) is 60.7 Å². The van der Waals surface area contributed by atoms with Crippen molar-refractivity contribution in [1.82, 2.24) is 0 Å². The molecule has 0 aromatic heterocycles. The van der Waals surface area contributed by atoms with Gasteiger partial charge in [-0.3, -0.25) is 14.9 Å². The largest absolute Gasteiger partial charge is 0.299 e. The Bertz CT molecular complexity index is 640. The number of benzene rings is 2. The quantitative estimate of drug-likeness (QED) is 0.601. The molecule has 0 aliphatic rings. The minimum Gasteiger partial charge on any atom is -0.299 e. The van der Waals surface area contributed by atoms with Gasteiger partial charge in [-0.25, -0.2) is 0 Å². The third-order valence-electron chi connectivity index (χ3n) is 3.99. The first kappa shape index (κ1) is 15.9. The summed E-state index contributed by atoms with van der Waals surface area (Å²) in [5, 5.41) is 11.4. The summed E-state index contributed by atoms with van der Waals surface area (Å²) in [5.74, 6) is -1.08. The van der Waals surface area contributed by atoms with E-state index < -0.39 is 17.9 Å². The Balaban J connectivity index is 2.55. The number of hydrogen-bond acceptors (Lipinski definition) is 3. The van der Waals surface area contributed by atoms with E-state index in [-0.39, 0.29) is 10.7 Å². The SMILES string of the molecule is CC(=O)[C@H](c1ccccc1)[C@H](c1ccccc1)[C@H](C)[N+](=O)[O-]. The molecule has 0 heterocycles. The summed E-state index contributed by atoms with van der Waals surface area (Å²) in [7, 11) is 0. The lowest BCUT2D eigenvalue weighted by Gasteiger charge is -2.26. The monoisotopic (exact) mass is 297 g/mol.